The van der Waals surface area contributed by atoms with Crippen molar-refractivity contribution in [2.75, 3.05) is 11.6 Å². The predicted octanol–water partition coefficient (Wildman–Crippen LogP) is 2.86. The fraction of sp³-hybridized carbons (Fsp3) is 0.538. The van der Waals surface area contributed by atoms with Crippen LogP contribution in [0.25, 0.3) is 0 Å². The minimum atomic E-state index is -3.23. The maximum absolute atomic E-state index is 12.2. The van der Waals surface area contributed by atoms with Gasteiger partial charge in [-0.1, -0.05) is 30.3 Å². The Morgan fingerprint density at radius 3 is 2.33 bits per heavy atom. The minimum Gasteiger partial charge on any atom is -0.212 e. The van der Waals surface area contributed by atoms with E-state index in [1.807, 2.05) is 44.2 Å². The van der Waals surface area contributed by atoms with Crippen molar-refractivity contribution in [3.8, 4) is 0 Å². The first kappa shape index (κ1) is 15.5. The zero-order valence-corrected chi connectivity index (χ0v) is 12.4. The molecule has 0 unspecified atom stereocenters. The summed E-state index contributed by atoms with van der Waals surface area (Å²) >= 11 is 5.57. The van der Waals surface area contributed by atoms with Crippen molar-refractivity contribution in [2.45, 2.75) is 32.9 Å². The molecule has 0 heterocycles. The quantitative estimate of drug-likeness (QED) is 0.724. The molecule has 0 fully saturated rings. The van der Waals surface area contributed by atoms with Gasteiger partial charge in [0.05, 0.1) is 5.75 Å². The van der Waals surface area contributed by atoms with Crippen LogP contribution in [-0.4, -0.2) is 30.4 Å². The third-order valence-electron chi connectivity index (χ3n) is 2.65. The van der Waals surface area contributed by atoms with Gasteiger partial charge in [0.2, 0.25) is 10.0 Å². The molecule has 0 spiro atoms. The average molecular weight is 290 g/mol. The summed E-state index contributed by atoms with van der Waals surface area (Å²) in [5, 5.41) is 0. The van der Waals surface area contributed by atoms with Gasteiger partial charge >= 0.3 is 0 Å². The molecule has 1 aromatic rings. The van der Waals surface area contributed by atoms with Gasteiger partial charge in [-0.05, 0) is 25.8 Å². The van der Waals surface area contributed by atoms with Gasteiger partial charge in [0.15, 0.2) is 0 Å². The zero-order chi connectivity index (χ0) is 13.6. The van der Waals surface area contributed by atoms with E-state index in [0.717, 1.165) is 5.56 Å². The molecule has 0 amide bonds. The van der Waals surface area contributed by atoms with Gasteiger partial charge in [-0.25, -0.2) is 8.42 Å². The lowest BCUT2D eigenvalue weighted by Crippen LogP contribution is -2.38. The summed E-state index contributed by atoms with van der Waals surface area (Å²) in [4.78, 5) is 0. The van der Waals surface area contributed by atoms with Crippen molar-refractivity contribution in [1.29, 1.82) is 0 Å². The highest BCUT2D eigenvalue weighted by molar-refractivity contribution is 7.89. The van der Waals surface area contributed by atoms with Crippen molar-refractivity contribution in [1.82, 2.24) is 4.31 Å². The Balaban J connectivity index is 2.83. The number of halogens is 1. The maximum atomic E-state index is 12.2. The number of benzene rings is 1. The van der Waals surface area contributed by atoms with Crippen molar-refractivity contribution in [2.24, 2.45) is 0 Å². The highest BCUT2D eigenvalue weighted by atomic mass is 35.5. The molecule has 0 radical (unpaired) electrons. The summed E-state index contributed by atoms with van der Waals surface area (Å²) in [6.45, 7) is 4.20. The number of nitrogens with zero attached hydrogens (tertiary/aromatic N) is 1. The average Bonchev–Trinajstić information content (AvgIpc) is 2.34. The van der Waals surface area contributed by atoms with Crippen LogP contribution < -0.4 is 0 Å². The van der Waals surface area contributed by atoms with Crippen LogP contribution in [0.15, 0.2) is 30.3 Å². The van der Waals surface area contributed by atoms with E-state index in [1.54, 1.807) is 0 Å². The largest absolute Gasteiger partial charge is 0.214 e. The van der Waals surface area contributed by atoms with E-state index in [2.05, 4.69) is 0 Å². The standard InChI is InChI=1S/C13H20ClNO2S/c1-12(2)15(18(16,17)10-6-9-14)11-13-7-4-3-5-8-13/h3-5,7-8,12H,6,9-11H2,1-2H3. The Morgan fingerprint density at radius 2 is 1.83 bits per heavy atom. The molecular formula is C13H20ClNO2S. The first-order chi connectivity index (χ1) is 8.47. The molecular weight excluding hydrogens is 270 g/mol. The van der Waals surface area contributed by atoms with Gasteiger partial charge in [0.1, 0.15) is 0 Å². The Hall–Kier alpha value is -0.580. The predicted molar refractivity (Wildman–Crippen MR) is 76.2 cm³/mol. The molecule has 0 aliphatic rings. The van der Waals surface area contributed by atoms with Crippen molar-refractivity contribution < 1.29 is 8.42 Å². The van der Waals surface area contributed by atoms with E-state index in [1.165, 1.54) is 4.31 Å². The number of hydrogen-bond donors (Lipinski definition) is 0. The topological polar surface area (TPSA) is 37.4 Å². The van der Waals surface area contributed by atoms with Gasteiger partial charge in [-0.2, -0.15) is 4.31 Å². The van der Waals surface area contributed by atoms with Crippen LogP contribution in [0, 0.1) is 0 Å². The highest BCUT2D eigenvalue weighted by Crippen LogP contribution is 2.14. The first-order valence-electron chi connectivity index (χ1n) is 6.07. The molecule has 0 saturated heterocycles. The van der Waals surface area contributed by atoms with Gasteiger partial charge in [-0.15, -0.1) is 11.6 Å². The van der Waals surface area contributed by atoms with Crippen LogP contribution in [0.3, 0.4) is 0 Å². The summed E-state index contributed by atoms with van der Waals surface area (Å²) in [5.41, 5.74) is 1.00. The Bertz CT molecular complexity index is 445. The summed E-state index contributed by atoms with van der Waals surface area (Å²) in [6, 6.07) is 9.58. The smallest absolute Gasteiger partial charge is 0.212 e. The van der Waals surface area contributed by atoms with E-state index in [9.17, 15) is 8.42 Å². The first-order valence-corrected chi connectivity index (χ1v) is 8.21. The summed E-state index contributed by atoms with van der Waals surface area (Å²) in [6.07, 6.45) is 0.488. The number of rotatable bonds is 7. The fourth-order valence-corrected chi connectivity index (χ4v) is 3.74. The van der Waals surface area contributed by atoms with E-state index >= 15 is 0 Å². The maximum Gasteiger partial charge on any atom is 0.214 e. The van der Waals surface area contributed by atoms with Crippen LogP contribution in [0.4, 0.5) is 0 Å². The van der Waals surface area contributed by atoms with E-state index in [0.29, 0.717) is 18.8 Å². The molecule has 102 valence electrons. The molecule has 1 rings (SSSR count). The van der Waals surface area contributed by atoms with Gasteiger partial charge < -0.3 is 0 Å². The van der Waals surface area contributed by atoms with Gasteiger partial charge in [0.25, 0.3) is 0 Å². The van der Waals surface area contributed by atoms with Crippen molar-refractivity contribution in [3.63, 3.8) is 0 Å². The van der Waals surface area contributed by atoms with Crippen LogP contribution in [-0.2, 0) is 16.6 Å². The molecule has 0 bridgehead atoms. The third-order valence-corrected chi connectivity index (χ3v) is 4.99. The molecule has 0 aliphatic heterocycles. The van der Waals surface area contributed by atoms with Crippen LogP contribution in [0.1, 0.15) is 25.8 Å². The summed E-state index contributed by atoms with van der Waals surface area (Å²) in [7, 11) is -3.23. The molecule has 0 atom stereocenters. The summed E-state index contributed by atoms with van der Waals surface area (Å²) < 4.78 is 25.9. The Morgan fingerprint density at radius 1 is 1.22 bits per heavy atom. The van der Waals surface area contributed by atoms with Crippen LogP contribution in [0.2, 0.25) is 0 Å². The number of sulfonamides is 1. The lowest BCUT2D eigenvalue weighted by Gasteiger charge is -2.26. The zero-order valence-electron chi connectivity index (χ0n) is 10.8. The second kappa shape index (κ2) is 7.12. The van der Waals surface area contributed by atoms with Gasteiger partial charge in [-0.3, -0.25) is 0 Å². The highest BCUT2D eigenvalue weighted by Gasteiger charge is 2.24. The van der Waals surface area contributed by atoms with Crippen LogP contribution >= 0.6 is 11.6 Å². The summed E-state index contributed by atoms with van der Waals surface area (Å²) in [5.74, 6) is 0.484. The van der Waals surface area contributed by atoms with E-state index in [4.69, 9.17) is 11.6 Å². The van der Waals surface area contributed by atoms with Gasteiger partial charge in [0, 0.05) is 18.5 Å². The minimum absolute atomic E-state index is 0.0504. The molecule has 0 saturated carbocycles. The van der Waals surface area contributed by atoms with E-state index < -0.39 is 10.0 Å². The number of alkyl halides is 1. The molecule has 0 N–H and O–H groups in total. The molecule has 5 heteroatoms. The molecule has 1 aromatic carbocycles. The second-order valence-corrected chi connectivity index (χ2v) is 6.90. The SMILES string of the molecule is CC(C)N(Cc1ccccc1)S(=O)(=O)CCCCl. The number of hydrogen-bond acceptors (Lipinski definition) is 2. The fourth-order valence-electron chi connectivity index (χ4n) is 1.72. The van der Waals surface area contributed by atoms with E-state index in [-0.39, 0.29) is 11.8 Å². The van der Waals surface area contributed by atoms with Crippen molar-refractivity contribution >= 4 is 21.6 Å². The third kappa shape index (κ3) is 4.59. The molecule has 0 aromatic heterocycles. The molecule has 18 heavy (non-hydrogen) atoms. The Kier molecular flexibility index (Phi) is 6.12. The van der Waals surface area contributed by atoms with Crippen LogP contribution in [0.5, 0.6) is 0 Å². The molecule has 3 nitrogen and oxygen atoms in total. The monoisotopic (exact) mass is 289 g/mol. The second-order valence-electron chi connectivity index (χ2n) is 4.48. The Labute approximate surface area is 115 Å². The lowest BCUT2D eigenvalue weighted by atomic mass is 10.2. The molecule has 0 aliphatic carbocycles. The normalized spacial score (nSPS) is 12.3. The lowest BCUT2D eigenvalue weighted by molar-refractivity contribution is 0.348. The van der Waals surface area contributed by atoms with Crippen molar-refractivity contribution in [3.05, 3.63) is 35.9 Å².